The summed E-state index contributed by atoms with van der Waals surface area (Å²) in [6.45, 7) is 3.97. The molecule has 0 radical (unpaired) electrons. The topological polar surface area (TPSA) is 63.5 Å². The van der Waals surface area contributed by atoms with Crippen molar-refractivity contribution < 1.29 is 4.74 Å². The SMILES string of the molecule is COCCNC(=S)N/N=C\c1cn(Cc2ccccc2)nc1-c1ccc(C)cc1. The standard InChI is InChI=1S/C22H25N5OS/c1-17-8-10-19(11-9-17)21-20(14-24-25-22(29)23-12-13-28-2)16-27(26-21)15-18-6-4-3-5-7-18/h3-11,14,16H,12-13,15H2,1-2H3,(H2,23,25,29)/b24-14-. The van der Waals surface area contributed by atoms with E-state index in [9.17, 15) is 0 Å². The van der Waals surface area contributed by atoms with E-state index in [-0.39, 0.29) is 0 Å². The summed E-state index contributed by atoms with van der Waals surface area (Å²) in [5.41, 5.74) is 8.07. The van der Waals surface area contributed by atoms with Crippen LogP contribution in [0.15, 0.2) is 65.9 Å². The normalized spacial score (nSPS) is 11.0. The lowest BCUT2D eigenvalue weighted by molar-refractivity contribution is 0.204. The fraction of sp³-hybridized carbons (Fsp3) is 0.227. The molecule has 3 rings (SSSR count). The number of aryl methyl sites for hydroxylation is 1. The molecule has 150 valence electrons. The van der Waals surface area contributed by atoms with Crippen LogP contribution in [0.4, 0.5) is 0 Å². The number of aromatic nitrogens is 2. The predicted octanol–water partition coefficient (Wildman–Crippen LogP) is 3.35. The molecule has 0 aliphatic rings. The van der Waals surface area contributed by atoms with Crippen LogP contribution in [-0.4, -0.2) is 41.4 Å². The molecular weight excluding hydrogens is 382 g/mol. The molecular formula is C22H25N5OS. The number of benzene rings is 2. The van der Waals surface area contributed by atoms with Gasteiger partial charge < -0.3 is 10.1 Å². The maximum Gasteiger partial charge on any atom is 0.187 e. The minimum atomic E-state index is 0.451. The Hall–Kier alpha value is -3.03. The highest BCUT2D eigenvalue weighted by Gasteiger charge is 2.10. The number of hydrogen-bond acceptors (Lipinski definition) is 4. The monoisotopic (exact) mass is 407 g/mol. The third-order valence-electron chi connectivity index (χ3n) is 4.26. The average Bonchev–Trinajstić information content (AvgIpc) is 3.12. The van der Waals surface area contributed by atoms with Gasteiger partial charge >= 0.3 is 0 Å². The highest BCUT2D eigenvalue weighted by Crippen LogP contribution is 2.22. The maximum absolute atomic E-state index is 5.20. The van der Waals surface area contributed by atoms with Gasteiger partial charge in [0.1, 0.15) is 5.69 Å². The van der Waals surface area contributed by atoms with Crippen LogP contribution in [0, 0.1) is 6.92 Å². The Labute approximate surface area is 176 Å². The molecule has 1 aromatic heterocycles. The lowest BCUT2D eigenvalue weighted by Gasteiger charge is -2.05. The fourth-order valence-corrected chi connectivity index (χ4v) is 2.94. The smallest absolute Gasteiger partial charge is 0.187 e. The summed E-state index contributed by atoms with van der Waals surface area (Å²) in [7, 11) is 1.65. The van der Waals surface area contributed by atoms with Gasteiger partial charge in [-0.3, -0.25) is 10.1 Å². The first kappa shape index (κ1) is 20.7. The van der Waals surface area contributed by atoms with E-state index < -0.39 is 0 Å². The molecule has 7 heteroatoms. The van der Waals surface area contributed by atoms with Crippen LogP contribution in [0.3, 0.4) is 0 Å². The zero-order chi connectivity index (χ0) is 20.5. The molecule has 0 aliphatic carbocycles. The molecule has 6 nitrogen and oxygen atoms in total. The van der Waals surface area contributed by atoms with Gasteiger partial charge in [-0.05, 0) is 24.7 Å². The second-order valence-electron chi connectivity index (χ2n) is 6.60. The van der Waals surface area contributed by atoms with Crippen LogP contribution in [-0.2, 0) is 11.3 Å². The molecule has 1 heterocycles. The molecule has 0 saturated carbocycles. The molecule has 0 spiro atoms. The van der Waals surface area contributed by atoms with Gasteiger partial charge in [-0.25, -0.2) is 0 Å². The predicted molar refractivity (Wildman–Crippen MR) is 121 cm³/mol. The molecule has 0 atom stereocenters. The molecule has 29 heavy (non-hydrogen) atoms. The van der Waals surface area contributed by atoms with Gasteiger partial charge in [0.15, 0.2) is 5.11 Å². The van der Waals surface area contributed by atoms with Crippen molar-refractivity contribution in [2.45, 2.75) is 13.5 Å². The molecule has 3 aromatic rings. The molecule has 0 unspecified atom stereocenters. The number of thiocarbonyl (C=S) groups is 1. The van der Waals surface area contributed by atoms with E-state index in [2.05, 4.69) is 59.2 Å². The number of methoxy groups -OCH3 is 1. The van der Waals surface area contributed by atoms with E-state index in [0.29, 0.717) is 24.8 Å². The lowest BCUT2D eigenvalue weighted by atomic mass is 10.1. The summed E-state index contributed by atoms with van der Waals surface area (Å²) in [5.74, 6) is 0. The van der Waals surface area contributed by atoms with Gasteiger partial charge in [0, 0.05) is 31.0 Å². The van der Waals surface area contributed by atoms with Crippen LogP contribution >= 0.6 is 12.2 Å². The van der Waals surface area contributed by atoms with Crippen LogP contribution in [0.1, 0.15) is 16.7 Å². The molecule has 2 aromatic carbocycles. The Morgan fingerprint density at radius 2 is 1.93 bits per heavy atom. The Morgan fingerprint density at radius 1 is 1.17 bits per heavy atom. The molecule has 0 fully saturated rings. The fourth-order valence-electron chi connectivity index (χ4n) is 2.79. The number of hydrazone groups is 1. The highest BCUT2D eigenvalue weighted by molar-refractivity contribution is 7.80. The quantitative estimate of drug-likeness (QED) is 0.260. The first-order chi connectivity index (χ1) is 14.2. The van der Waals surface area contributed by atoms with Crippen LogP contribution in [0.25, 0.3) is 11.3 Å². The van der Waals surface area contributed by atoms with E-state index >= 15 is 0 Å². The molecule has 0 amide bonds. The van der Waals surface area contributed by atoms with E-state index in [0.717, 1.165) is 16.8 Å². The number of nitrogens with zero attached hydrogens (tertiary/aromatic N) is 3. The van der Waals surface area contributed by atoms with Crippen molar-refractivity contribution in [2.24, 2.45) is 5.10 Å². The summed E-state index contributed by atoms with van der Waals surface area (Å²) in [6.07, 6.45) is 3.74. The second kappa shape index (κ2) is 10.5. The molecule has 0 bridgehead atoms. The Kier molecular flexibility index (Phi) is 7.49. The number of nitrogens with one attached hydrogen (secondary N) is 2. The Morgan fingerprint density at radius 3 is 2.66 bits per heavy atom. The summed E-state index contributed by atoms with van der Waals surface area (Å²) in [4.78, 5) is 0. The van der Waals surface area contributed by atoms with Crippen LogP contribution in [0.2, 0.25) is 0 Å². The average molecular weight is 408 g/mol. The van der Waals surface area contributed by atoms with Crippen molar-refractivity contribution >= 4 is 23.5 Å². The van der Waals surface area contributed by atoms with Crippen LogP contribution in [0.5, 0.6) is 0 Å². The van der Waals surface area contributed by atoms with Crippen molar-refractivity contribution in [3.05, 3.63) is 77.5 Å². The van der Waals surface area contributed by atoms with Gasteiger partial charge in [0.25, 0.3) is 0 Å². The summed E-state index contributed by atoms with van der Waals surface area (Å²) in [6, 6.07) is 18.6. The summed E-state index contributed by atoms with van der Waals surface area (Å²) >= 11 is 5.20. The first-order valence-corrected chi connectivity index (χ1v) is 9.81. The Bertz CT molecular complexity index is 951. The maximum atomic E-state index is 5.20. The largest absolute Gasteiger partial charge is 0.383 e. The lowest BCUT2D eigenvalue weighted by Crippen LogP contribution is -2.34. The highest BCUT2D eigenvalue weighted by atomic mass is 32.1. The number of hydrogen-bond donors (Lipinski definition) is 2. The third kappa shape index (κ3) is 6.23. The van der Waals surface area contributed by atoms with Gasteiger partial charge in [0.05, 0.1) is 19.4 Å². The molecule has 0 aliphatic heterocycles. The minimum absolute atomic E-state index is 0.451. The number of rotatable bonds is 8. The molecule has 2 N–H and O–H groups in total. The minimum Gasteiger partial charge on any atom is -0.383 e. The van der Waals surface area contributed by atoms with E-state index in [1.54, 1.807) is 13.3 Å². The van der Waals surface area contributed by atoms with Gasteiger partial charge in [-0.2, -0.15) is 10.2 Å². The zero-order valence-electron chi connectivity index (χ0n) is 16.6. The van der Waals surface area contributed by atoms with Crippen molar-refractivity contribution in [1.82, 2.24) is 20.5 Å². The second-order valence-corrected chi connectivity index (χ2v) is 7.01. The van der Waals surface area contributed by atoms with E-state index in [1.165, 1.54) is 11.1 Å². The van der Waals surface area contributed by atoms with Crippen molar-refractivity contribution in [1.29, 1.82) is 0 Å². The number of ether oxygens (including phenoxy) is 1. The van der Waals surface area contributed by atoms with Crippen LogP contribution < -0.4 is 10.7 Å². The van der Waals surface area contributed by atoms with Crippen molar-refractivity contribution in [2.75, 3.05) is 20.3 Å². The van der Waals surface area contributed by atoms with Crippen molar-refractivity contribution in [3.8, 4) is 11.3 Å². The third-order valence-corrected chi connectivity index (χ3v) is 4.50. The van der Waals surface area contributed by atoms with Gasteiger partial charge in [-0.1, -0.05) is 60.2 Å². The first-order valence-electron chi connectivity index (χ1n) is 9.40. The van der Waals surface area contributed by atoms with Crippen molar-refractivity contribution in [3.63, 3.8) is 0 Å². The zero-order valence-corrected chi connectivity index (χ0v) is 17.4. The van der Waals surface area contributed by atoms with Gasteiger partial charge in [0.2, 0.25) is 0 Å². The van der Waals surface area contributed by atoms with E-state index in [4.69, 9.17) is 22.1 Å². The van der Waals surface area contributed by atoms with E-state index in [1.807, 2.05) is 29.1 Å². The molecule has 0 saturated heterocycles. The summed E-state index contributed by atoms with van der Waals surface area (Å²) < 4.78 is 6.92. The van der Waals surface area contributed by atoms with Gasteiger partial charge in [-0.15, -0.1) is 0 Å². The summed E-state index contributed by atoms with van der Waals surface area (Å²) in [5, 5.41) is 12.5. The Balaban J connectivity index is 1.78.